The van der Waals surface area contributed by atoms with Crippen molar-refractivity contribution in [1.82, 2.24) is 5.32 Å². The largest absolute Gasteiger partial charge is 0.493 e. The number of nitrogens with zero attached hydrogens (tertiary/aromatic N) is 1. The van der Waals surface area contributed by atoms with Crippen LogP contribution in [0.5, 0.6) is 11.5 Å². The highest BCUT2D eigenvalue weighted by Crippen LogP contribution is 2.34. The van der Waals surface area contributed by atoms with Crippen molar-refractivity contribution in [1.29, 1.82) is 5.26 Å². The summed E-state index contributed by atoms with van der Waals surface area (Å²) in [4.78, 5) is 12.2. The third-order valence-electron chi connectivity index (χ3n) is 3.65. The van der Waals surface area contributed by atoms with Crippen LogP contribution in [0.25, 0.3) is 6.08 Å². The van der Waals surface area contributed by atoms with Crippen LogP contribution in [-0.2, 0) is 9.53 Å². The topological polar surface area (TPSA) is 80.6 Å². The lowest BCUT2D eigenvalue weighted by Crippen LogP contribution is -2.32. The maximum Gasteiger partial charge on any atom is 0.262 e. The number of hydrogen-bond donors (Lipinski definition) is 1. The molecule has 0 aliphatic carbocycles. The van der Waals surface area contributed by atoms with Crippen molar-refractivity contribution in [3.63, 3.8) is 0 Å². The molecule has 0 spiro atoms. The van der Waals surface area contributed by atoms with E-state index < -0.39 is 5.91 Å². The quantitative estimate of drug-likeness (QED) is 0.416. The molecular formula is C17H19IN2O4. The molecule has 0 saturated carbocycles. The first kappa shape index (κ1) is 18.5. The summed E-state index contributed by atoms with van der Waals surface area (Å²) < 4.78 is 16.9. The normalized spacial score (nSPS) is 17.2. The molecule has 1 fully saturated rings. The molecule has 1 aromatic rings. The van der Waals surface area contributed by atoms with Crippen molar-refractivity contribution < 1.29 is 19.0 Å². The minimum absolute atomic E-state index is 0.0379. The van der Waals surface area contributed by atoms with Crippen molar-refractivity contribution >= 4 is 34.6 Å². The van der Waals surface area contributed by atoms with Gasteiger partial charge in [0.15, 0.2) is 11.5 Å². The number of nitrogens with one attached hydrogen (secondary N) is 1. The van der Waals surface area contributed by atoms with E-state index >= 15 is 0 Å². The summed E-state index contributed by atoms with van der Waals surface area (Å²) in [5.41, 5.74) is 0.733. The average molecular weight is 442 g/mol. The Morgan fingerprint density at radius 3 is 2.88 bits per heavy atom. The molecule has 0 aromatic heterocycles. The molecular weight excluding hydrogens is 423 g/mol. The summed E-state index contributed by atoms with van der Waals surface area (Å²) in [6.07, 6.45) is 3.51. The van der Waals surface area contributed by atoms with Crippen molar-refractivity contribution in [2.24, 2.45) is 0 Å². The van der Waals surface area contributed by atoms with E-state index in [2.05, 4.69) is 27.9 Å². The van der Waals surface area contributed by atoms with Gasteiger partial charge in [-0.3, -0.25) is 4.79 Å². The van der Waals surface area contributed by atoms with Gasteiger partial charge in [-0.1, -0.05) is 0 Å². The molecule has 1 amide bonds. The monoisotopic (exact) mass is 442 g/mol. The van der Waals surface area contributed by atoms with Gasteiger partial charge in [-0.2, -0.15) is 5.26 Å². The molecule has 7 heteroatoms. The molecule has 6 nitrogen and oxygen atoms in total. The van der Waals surface area contributed by atoms with Crippen LogP contribution in [0.2, 0.25) is 0 Å². The summed E-state index contributed by atoms with van der Waals surface area (Å²) in [5, 5.41) is 12.0. The van der Waals surface area contributed by atoms with E-state index in [1.54, 1.807) is 20.3 Å². The Labute approximate surface area is 154 Å². The molecule has 0 bridgehead atoms. The second-order valence-electron chi connectivity index (χ2n) is 5.25. The minimum atomic E-state index is -0.405. The summed E-state index contributed by atoms with van der Waals surface area (Å²) in [6.45, 7) is 1.15. The van der Waals surface area contributed by atoms with Crippen LogP contribution < -0.4 is 14.8 Å². The number of rotatable bonds is 6. The fourth-order valence-corrected chi connectivity index (χ4v) is 3.29. The maximum atomic E-state index is 12.2. The third kappa shape index (κ3) is 4.61. The van der Waals surface area contributed by atoms with Gasteiger partial charge in [0, 0.05) is 13.2 Å². The van der Waals surface area contributed by atoms with Gasteiger partial charge in [-0.15, -0.1) is 0 Å². The van der Waals surface area contributed by atoms with Crippen LogP contribution in [0.4, 0.5) is 0 Å². The Morgan fingerprint density at radius 1 is 1.50 bits per heavy atom. The molecule has 1 heterocycles. The van der Waals surface area contributed by atoms with Crippen LogP contribution in [-0.4, -0.2) is 39.4 Å². The molecule has 0 radical (unpaired) electrons. The number of carbonyl (C=O) groups is 1. The van der Waals surface area contributed by atoms with Crippen LogP contribution >= 0.6 is 22.6 Å². The second-order valence-corrected chi connectivity index (χ2v) is 6.42. The van der Waals surface area contributed by atoms with Crippen molar-refractivity contribution in [3.05, 3.63) is 26.8 Å². The van der Waals surface area contributed by atoms with E-state index in [-0.39, 0.29) is 11.7 Å². The molecule has 1 atom stereocenters. The zero-order valence-electron chi connectivity index (χ0n) is 13.6. The maximum absolute atomic E-state index is 12.2. The summed E-state index contributed by atoms with van der Waals surface area (Å²) >= 11 is 2.12. The van der Waals surface area contributed by atoms with Gasteiger partial charge in [-0.25, -0.2) is 0 Å². The average Bonchev–Trinajstić information content (AvgIpc) is 3.10. The van der Waals surface area contributed by atoms with Gasteiger partial charge >= 0.3 is 0 Å². The van der Waals surface area contributed by atoms with E-state index in [0.717, 1.165) is 23.0 Å². The van der Waals surface area contributed by atoms with Gasteiger partial charge in [0.25, 0.3) is 5.91 Å². The van der Waals surface area contributed by atoms with Crippen LogP contribution in [0.3, 0.4) is 0 Å². The predicted octanol–water partition coefficient (Wildman–Crippen LogP) is 2.51. The number of hydrogen-bond acceptors (Lipinski definition) is 5. The van der Waals surface area contributed by atoms with Gasteiger partial charge in [0.1, 0.15) is 11.6 Å². The zero-order chi connectivity index (χ0) is 17.5. The first-order chi connectivity index (χ1) is 11.6. The number of halogens is 1. The lowest BCUT2D eigenvalue weighted by molar-refractivity contribution is -0.117. The van der Waals surface area contributed by atoms with Crippen LogP contribution in [0.1, 0.15) is 18.4 Å². The summed E-state index contributed by atoms with van der Waals surface area (Å²) in [5.74, 6) is 0.766. The SMILES string of the molecule is COc1cc(/C=C(\C#N)C(=O)NC[C@H]2CCCO2)cc(I)c1OC. The second kappa shape index (κ2) is 8.89. The molecule has 1 aliphatic rings. The van der Waals surface area contributed by atoms with Crippen LogP contribution in [0.15, 0.2) is 17.7 Å². The van der Waals surface area contributed by atoms with Gasteiger partial charge in [-0.05, 0) is 59.2 Å². The van der Waals surface area contributed by atoms with Crippen molar-refractivity contribution in [2.75, 3.05) is 27.4 Å². The highest BCUT2D eigenvalue weighted by atomic mass is 127. The lowest BCUT2D eigenvalue weighted by atomic mass is 10.1. The molecule has 1 saturated heterocycles. The lowest BCUT2D eigenvalue weighted by Gasteiger charge is -2.11. The fourth-order valence-electron chi connectivity index (χ4n) is 2.44. The number of ether oxygens (including phenoxy) is 3. The first-order valence-corrected chi connectivity index (χ1v) is 8.60. The van der Waals surface area contributed by atoms with E-state index in [4.69, 9.17) is 14.2 Å². The van der Waals surface area contributed by atoms with E-state index in [9.17, 15) is 10.1 Å². The van der Waals surface area contributed by atoms with E-state index in [1.807, 2.05) is 12.1 Å². The number of amides is 1. The fraction of sp³-hybridized carbons (Fsp3) is 0.412. The molecule has 128 valence electrons. The zero-order valence-corrected chi connectivity index (χ0v) is 15.8. The molecule has 1 N–H and O–H groups in total. The predicted molar refractivity (Wildman–Crippen MR) is 97.8 cm³/mol. The van der Waals surface area contributed by atoms with Gasteiger partial charge in [0.05, 0.1) is 23.9 Å². The molecule has 2 rings (SSSR count). The highest BCUT2D eigenvalue weighted by Gasteiger charge is 2.18. The smallest absolute Gasteiger partial charge is 0.262 e. The standard InChI is InChI=1S/C17H19IN2O4/c1-22-15-8-11(7-14(18)16(15)23-2)6-12(9-19)17(21)20-10-13-4-3-5-24-13/h6-8,13H,3-5,10H2,1-2H3,(H,20,21)/b12-6+/t13-/m1/s1. The van der Waals surface area contributed by atoms with E-state index in [1.165, 1.54) is 6.08 Å². The Hall–Kier alpha value is -1.79. The number of benzene rings is 1. The molecule has 1 aromatic carbocycles. The Morgan fingerprint density at radius 2 is 2.29 bits per heavy atom. The highest BCUT2D eigenvalue weighted by molar-refractivity contribution is 14.1. The van der Waals surface area contributed by atoms with Crippen molar-refractivity contribution in [3.8, 4) is 17.6 Å². The van der Waals surface area contributed by atoms with Gasteiger partial charge < -0.3 is 19.5 Å². The minimum Gasteiger partial charge on any atom is -0.493 e. The Bertz CT molecular complexity index is 676. The Balaban J connectivity index is 2.15. The van der Waals surface area contributed by atoms with Crippen LogP contribution in [0, 0.1) is 14.9 Å². The van der Waals surface area contributed by atoms with E-state index in [0.29, 0.717) is 23.6 Å². The summed E-state index contributed by atoms with van der Waals surface area (Å²) in [6, 6.07) is 5.50. The molecule has 24 heavy (non-hydrogen) atoms. The number of carbonyl (C=O) groups excluding carboxylic acids is 1. The number of nitriles is 1. The van der Waals surface area contributed by atoms with Crippen molar-refractivity contribution in [2.45, 2.75) is 18.9 Å². The molecule has 1 aliphatic heterocycles. The molecule has 0 unspecified atom stereocenters. The Kier molecular flexibility index (Phi) is 6.87. The first-order valence-electron chi connectivity index (χ1n) is 7.52. The third-order valence-corrected chi connectivity index (χ3v) is 4.45. The van der Waals surface area contributed by atoms with Gasteiger partial charge in [0.2, 0.25) is 0 Å². The number of methoxy groups -OCH3 is 2. The summed E-state index contributed by atoms with van der Waals surface area (Å²) in [7, 11) is 3.11.